The number of carboxylic acid groups (broad SMARTS) is 1. The Labute approximate surface area is 149 Å². The molecule has 0 saturated carbocycles. The van der Waals surface area contributed by atoms with Crippen LogP contribution in [0, 0.1) is 11.3 Å². The van der Waals surface area contributed by atoms with Crippen molar-refractivity contribution in [1.82, 2.24) is 9.88 Å². The number of hydrogen-bond donors (Lipinski definition) is 2. The van der Waals surface area contributed by atoms with E-state index in [0.717, 1.165) is 17.6 Å². The van der Waals surface area contributed by atoms with Gasteiger partial charge in [-0.3, -0.25) is 9.59 Å². The van der Waals surface area contributed by atoms with Gasteiger partial charge in [-0.15, -0.1) is 0 Å². The van der Waals surface area contributed by atoms with Crippen LogP contribution in [0.25, 0.3) is 10.9 Å². The molecule has 1 aromatic heterocycles. The molecule has 6 heteroatoms. The molecule has 0 unspecified atom stereocenters. The number of carboxylic acids is 1. The number of carbonyl (C=O) groups excluding carboxylic acids is 1. The fourth-order valence-electron chi connectivity index (χ4n) is 5.92. The van der Waals surface area contributed by atoms with Crippen molar-refractivity contribution in [2.45, 2.75) is 31.1 Å². The lowest BCUT2D eigenvalue weighted by Gasteiger charge is -2.38. The second-order valence-corrected chi connectivity index (χ2v) is 7.97. The van der Waals surface area contributed by atoms with E-state index in [1.54, 1.807) is 6.92 Å². The standard InChI is InChI=1S/C20H18N2O4/c1-19-14(17(23)24)13-6-8-20(19,26-13)16-15-11(7-9-22(16)18(19)25)10-4-2-3-5-12(10)21-15/h2-6,8,13-14,16,21H,7,9H2,1H3,(H,23,24)/t13-,14+,16+,19+,20-/m0/s1. The van der Waals surface area contributed by atoms with E-state index >= 15 is 0 Å². The number of aromatic nitrogens is 1. The van der Waals surface area contributed by atoms with Crippen molar-refractivity contribution in [3.05, 3.63) is 47.7 Å². The third-order valence-electron chi connectivity index (χ3n) is 7.04. The second-order valence-electron chi connectivity index (χ2n) is 7.97. The van der Waals surface area contributed by atoms with Crippen molar-refractivity contribution < 1.29 is 19.4 Å². The molecule has 0 radical (unpaired) electrons. The number of carbonyl (C=O) groups is 2. The zero-order valence-electron chi connectivity index (χ0n) is 14.2. The first-order chi connectivity index (χ1) is 12.5. The molecule has 2 bridgehead atoms. The molecule has 6 rings (SSSR count). The monoisotopic (exact) mass is 350 g/mol. The number of nitrogens with one attached hydrogen (secondary N) is 1. The molecule has 26 heavy (non-hydrogen) atoms. The second kappa shape index (κ2) is 4.20. The van der Waals surface area contributed by atoms with Crippen molar-refractivity contribution in [1.29, 1.82) is 0 Å². The maximum absolute atomic E-state index is 13.4. The summed E-state index contributed by atoms with van der Waals surface area (Å²) >= 11 is 0. The van der Waals surface area contributed by atoms with Gasteiger partial charge in [0.2, 0.25) is 5.91 Å². The smallest absolute Gasteiger partial charge is 0.310 e. The number of aromatic amines is 1. The Morgan fingerprint density at radius 3 is 3.00 bits per heavy atom. The van der Waals surface area contributed by atoms with E-state index in [-0.39, 0.29) is 11.9 Å². The molecule has 132 valence electrons. The van der Waals surface area contributed by atoms with Gasteiger partial charge in [0.05, 0.1) is 11.5 Å². The van der Waals surface area contributed by atoms with Gasteiger partial charge in [0.15, 0.2) is 0 Å². The SMILES string of the molecule is C[C@@]12C(=O)N3CCc4c([nH]c5ccccc45)[C@@H]3[C@@]13C=C[C@H](O3)[C@@H]2C(=O)O. The van der Waals surface area contributed by atoms with Gasteiger partial charge in [-0.25, -0.2) is 0 Å². The fraction of sp³-hybridized carbons (Fsp3) is 0.400. The van der Waals surface area contributed by atoms with Crippen LogP contribution in [0.15, 0.2) is 36.4 Å². The van der Waals surface area contributed by atoms with Crippen LogP contribution < -0.4 is 0 Å². The summed E-state index contributed by atoms with van der Waals surface area (Å²) in [4.78, 5) is 30.7. The zero-order valence-corrected chi connectivity index (χ0v) is 14.2. The molecule has 5 atom stereocenters. The van der Waals surface area contributed by atoms with Crippen LogP contribution in [0.5, 0.6) is 0 Å². The number of ether oxygens (including phenoxy) is 1. The lowest BCUT2D eigenvalue weighted by molar-refractivity contribution is -0.152. The topological polar surface area (TPSA) is 82.6 Å². The summed E-state index contributed by atoms with van der Waals surface area (Å²) < 4.78 is 6.28. The Balaban J connectivity index is 1.63. The average Bonchev–Trinajstić information content (AvgIpc) is 3.31. The molecule has 5 heterocycles. The Bertz CT molecular complexity index is 1040. The van der Waals surface area contributed by atoms with Crippen LogP contribution in [0.1, 0.15) is 24.2 Å². The molecular formula is C20H18N2O4. The van der Waals surface area contributed by atoms with Crippen molar-refractivity contribution >= 4 is 22.8 Å². The zero-order chi connectivity index (χ0) is 17.8. The Morgan fingerprint density at radius 1 is 1.38 bits per heavy atom. The van der Waals surface area contributed by atoms with Crippen LogP contribution in [-0.2, 0) is 20.7 Å². The maximum atomic E-state index is 13.4. The number of nitrogens with zero attached hydrogens (tertiary/aromatic N) is 1. The minimum atomic E-state index is -1.08. The Kier molecular flexibility index (Phi) is 2.35. The molecule has 2 fully saturated rings. The van der Waals surface area contributed by atoms with Crippen molar-refractivity contribution in [3.8, 4) is 0 Å². The van der Waals surface area contributed by atoms with Gasteiger partial charge in [0, 0.05) is 23.1 Å². The van der Waals surface area contributed by atoms with Gasteiger partial charge in [-0.1, -0.05) is 30.4 Å². The third-order valence-corrected chi connectivity index (χ3v) is 7.04. The summed E-state index contributed by atoms with van der Waals surface area (Å²) in [6.07, 6.45) is 3.99. The van der Waals surface area contributed by atoms with Crippen LogP contribution in [0.3, 0.4) is 0 Å². The Morgan fingerprint density at radius 2 is 2.19 bits per heavy atom. The number of H-pyrrole nitrogens is 1. The van der Waals surface area contributed by atoms with E-state index in [0.29, 0.717) is 6.54 Å². The first-order valence-corrected chi connectivity index (χ1v) is 8.99. The van der Waals surface area contributed by atoms with Crippen LogP contribution in [-0.4, -0.2) is 45.1 Å². The van der Waals surface area contributed by atoms with E-state index in [1.807, 2.05) is 35.3 Å². The molecule has 2 aromatic rings. The van der Waals surface area contributed by atoms with E-state index in [9.17, 15) is 14.7 Å². The number of amides is 1. The normalized spacial score (nSPS) is 39.3. The molecule has 4 aliphatic heterocycles. The fourth-order valence-corrected chi connectivity index (χ4v) is 5.92. The summed E-state index contributed by atoms with van der Waals surface area (Å²) in [6.45, 7) is 2.36. The lowest BCUT2D eigenvalue weighted by Crippen LogP contribution is -2.49. The summed E-state index contributed by atoms with van der Waals surface area (Å²) in [5.74, 6) is -1.92. The van der Waals surface area contributed by atoms with Crippen molar-refractivity contribution in [2.24, 2.45) is 11.3 Å². The molecule has 0 aliphatic carbocycles. The quantitative estimate of drug-likeness (QED) is 0.771. The summed E-state index contributed by atoms with van der Waals surface area (Å²) in [5, 5.41) is 11.0. The highest BCUT2D eigenvalue weighted by atomic mass is 16.5. The van der Waals surface area contributed by atoms with Crippen LogP contribution in [0.4, 0.5) is 0 Å². The highest BCUT2D eigenvalue weighted by Gasteiger charge is 2.79. The van der Waals surface area contributed by atoms with E-state index in [2.05, 4.69) is 11.1 Å². The summed E-state index contributed by atoms with van der Waals surface area (Å²) in [6, 6.07) is 7.83. The van der Waals surface area contributed by atoms with Gasteiger partial charge in [-0.2, -0.15) is 0 Å². The van der Waals surface area contributed by atoms with Crippen LogP contribution >= 0.6 is 0 Å². The van der Waals surface area contributed by atoms with Crippen LogP contribution in [0.2, 0.25) is 0 Å². The highest BCUT2D eigenvalue weighted by Crippen LogP contribution is 2.67. The molecule has 2 N–H and O–H groups in total. The van der Waals surface area contributed by atoms with E-state index in [4.69, 9.17) is 4.74 Å². The number of para-hydroxylation sites is 1. The molecule has 1 amide bonds. The van der Waals surface area contributed by atoms with E-state index in [1.165, 1.54) is 10.9 Å². The molecule has 1 spiro atoms. The van der Waals surface area contributed by atoms with Gasteiger partial charge >= 0.3 is 5.97 Å². The molecular weight excluding hydrogens is 332 g/mol. The number of rotatable bonds is 1. The summed E-state index contributed by atoms with van der Waals surface area (Å²) in [5.41, 5.74) is 1.25. The minimum Gasteiger partial charge on any atom is -0.481 e. The summed E-state index contributed by atoms with van der Waals surface area (Å²) in [7, 11) is 0. The molecule has 4 aliphatic rings. The van der Waals surface area contributed by atoms with Gasteiger partial charge in [0.25, 0.3) is 0 Å². The number of fused-ring (bicyclic) bond motifs is 6. The Hall–Kier alpha value is -2.60. The number of hydrogen-bond acceptors (Lipinski definition) is 3. The predicted molar refractivity (Wildman–Crippen MR) is 92.4 cm³/mol. The average molecular weight is 350 g/mol. The maximum Gasteiger partial charge on any atom is 0.310 e. The predicted octanol–water partition coefficient (Wildman–Crippen LogP) is 2.02. The number of benzene rings is 1. The van der Waals surface area contributed by atoms with Gasteiger partial charge in [0.1, 0.15) is 17.6 Å². The largest absolute Gasteiger partial charge is 0.481 e. The third kappa shape index (κ3) is 1.28. The molecule has 2 saturated heterocycles. The van der Waals surface area contributed by atoms with E-state index < -0.39 is 29.0 Å². The highest BCUT2D eigenvalue weighted by molar-refractivity contribution is 5.96. The molecule has 1 aromatic carbocycles. The van der Waals surface area contributed by atoms with Gasteiger partial charge < -0.3 is 19.7 Å². The minimum absolute atomic E-state index is 0.106. The van der Waals surface area contributed by atoms with Crippen molar-refractivity contribution in [2.75, 3.05) is 6.54 Å². The first kappa shape index (κ1) is 14.6. The first-order valence-electron chi connectivity index (χ1n) is 8.99. The lowest BCUT2D eigenvalue weighted by atomic mass is 9.62. The van der Waals surface area contributed by atoms with Crippen molar-refractivity contribution in [3.63, 3.8) is 0 Å². The number of aliphatic carboxylic acids is 1. The van der Waals surface area contributed by atoms with Gasteiger partial charge in [-0.05, 0) is 25.0 Å². The molecule has 6 nitrogen and oxygen atoms in total.